The van der Waals surface area contributed by atoms with Crippen LogP contribution in [0.15, 0.2) is 173 Å². The fraction of sp³-hybridized carbons (Fsp3) is 0. The van der Waals surface area contributed by atoms with Gasteiger partial charge in [0.1, 0.15) is 22.3 Å². The van der Waals surface area contributed by atoms with E-state index in [9.17, 15) is 0 Å². The molecule has 0 aliphatic rings. The van der Waals surface area contributed by atoms with Crippen molar-refractivity contribution in [3.05, 3.63) is 164 Å². The Bertz CT molecular complexity index is 2810. The summed E-state index contributed by atoms with van der Waals surface area (Å²) in [5.41, 5.74) is 10.1. The quantitative estimate of drug-likeness (QED) is 0.187. The highest BCUT2D eigenvalue weighted by atomic mass is 16.3. The van der Waals surface area contributed by atoms with Crippen LogP contribution in [0.1, 0.15) is 0 Å². The Morgan fingerprint density at radius 1 is 0.320 bits per heavy atom. The summed E-state index contributed by atoms with van der Waals surface area (Å²) in [5.74, 6) is 1.80. The van der Waals surface area contributed by atoms with Crippen molar-refractivity contribution >= 4 is 43.9 Å². The van der Waals surface area contributed by atoms with Crippen molar-refractivity contribution in [1.82, 2.24) is 15.0 Å². The summed E-state index contributed by atoms with van der Waals surface area (Å²) in [6, 6.07) is 55.5. The van der Waals surface area contributed by atoms with Crippen molar-refractivity contribution in [2.75, 3.05) is 0 Å². The monoisotopic (exact) mass is 641 g/mol. The second-order valence-corrected chi connectivity index (χ2v) is 12.3. The molecule has 0 radical (unpaired) electrons. The molecule has 10 aromatic rings. The molecule has 0 unspecified atom stereocenters. The molecule has 0 spiro atoms. The summed E-state index contributed by atoms with van der Waals surface area (Å²) in [4.78, 5) is 15.3. The molecule has 0 aliphatic heterocycles. The zero-order valence-corrected chi connectivity index (χ0v) is 26.7. The predicted molar refractivity (Wildman–Crippen MR) is 202 cm³/mol. The molecular weight excluding hydrogens is 615 g/mol. The van der Waals surface area contributed by atoms with Gasteiger partial charge >= 0.3 is 0 Å². The number of hydrogen-bond donors (Lipinski definition) is 0. The molecule has 3 heterocycles. The summed E-state index contributed by atoms with van der Waals surface area (Å²) in [7, 11) is 0. The van der Waals surface area contributed by atoms with Crippen LogP contribution in [-0.4, -0.2) is 15.0 Å². The van der Waals surface area contributed by atoms with E-state index in [1.807, 2.05) is 91.0 Å². The number of para-hydroxylation sites is 3. The van der Waals surface area contributed by atoms with Gasteiger partial charge in [-0.1, -0.05) is 146 Å². The highest BCUT2D eigenvalue weighted by Gasteiger charge is 2.24. The van der Waals surface area contributed by atoms with Gasteiger partial charge in [-0.25, -0.2) is 15.0 Å². The molecule has 0 amide bonds. The zero-order valence-electron chi connectivity index (χ0n) is 26.7. The number of aromatic nitrogens is 3. The maximum Gasteiger partial charge on any atom is 0.164 e. The van der Waals surface area contributed by atoms with Crippen LogP contribution in [-0.2, 0) is 0 Å². The number of furan rings is 2. The molecule has 7 aromatic carbocycles. The highest BCUT2D eigenvalue weighted by molar-refractivity contribution is 6.17. The van der Waals surface area contributed by atoms with Crippen LogP contribution in [0.2, 0.25) is 0 Å². The van der Waals surface area contributed by atoms with Crippen LogP contribution >= 0.6 is 0 Å². The van der Waals surface area contributed by atoms with Crippen LogP contribution in [0, 0.1) is 0 Å². The van der Waals surface area contributed by atoms with Crippen molar-refractivity contribution in [1.29, 1.82) is 0 Å². The van der Waals surface area contributed by atoms with Crippen molar-refractivity contribution in [2.45, 2.75) is 0 Å². The minimum Gasteiger partial charge on any atom is -0.456 e. The smallest absolute Gasteiger partial charge is 0.164 e. The first kappa shape index (κ1) is 28.2. The Morgan fingerprint density at radius 3 is 1.56 bits per heavy atom. The number of hydrogen-bond acceptors (Lipinski definition) is 5. The topological polar surface area (TPSA) is 65.0 Å². The number of benzene rings is 7. The van der Waals surface area contributed by atoms with E-state index in [0.717, 1.165) is 82.8 Å². The Kier molecular flexibility index (Phi) is 6.42. The van der Waals surface area contributed by atoms with Crippen molar-refractivity contribution in [3.63, 3.8) is 0 Å². The maximum atomic E-state index is 6.61. The van der Waals surface area contributed by atoms with Crippen molar-refractivity contribution in [3.8, 4) is 56.4 Å². The van der Waals surface area contributed by atoms with Gasteiger partial charge in [0.15, 0.2) is 17.5 Å². The Hall–Kier alpha value is -6.85. The fourth-order valence-electron chi connectivity index (χ4n) is 7.12. The molecule has 3 aromatic heterocycles. The first-order valence-corrected chi connectivity index (χ1v) is 16.6. The van der Waals surface area contributed by atoms with Gasteiger partial charge in [-0.2, -0.15) is 0 Å². The lowest BCUT2D eigenvalue weighted by molar-refractivity contribution is 0.669. The van der Waals surface area contributed by atoms with E-state index in [2.05, 4.69) is 72.8 Å². The third kappa shape index (κ3) is 4.52. The van der Waals surface area contributed by atoms with Crippen LogP contribution in [0.3, 0.4) is 0 Å². The molecule has 0 fully saturated rings. The van der Waals surface area contributed by atoms with Gasteiger partial charge in [-0.05, 0) is 29.3 Å². The maximum absolute atomic E-state index is 6.61. The molecular formula is C45H27N3O2. The second-order valence-electron chi connectivity index (χ2n) is 12.3. The lowest BCUT2D eigenvalue weighted by atomic mass is 9.87. The number of rotatable bonds is 5. The highest BCUT2D eigenvalue weighted by Crippen LogP contribution is 2.47. The standard InChI is InChI=1S/C45H27N3O2/c1-3-14-28(15-4-1)43-46-44(29-16-5-2-6-17-29)48-45(47-43)36-24-11-20-31(33-22-12-21-32-30-18-7-9-25-37(30)50-42(32)33)40(36)35-23-13-27-39-41(35)34-19-8-10-26-38(34)49-39/h1-27H. The average Bonchev–Trinajstić information content (AvgIpc) is 3.77. The third-order valence-corrected chi connectivity index (χ3v) is 9.37. The molecule has 0 saturated heterocycles. The first-order chi connectivity index (χ1) is 24.8. The van der Waals surface area contributed by atoms with E-state index in [-0.39, 0.29) is 0 Å². The van der Waals surface area contributed by atoms with Gasteiger partial charge in [0.05, 0.1) is 0 Å². The average molecular weight is 642 g/mol. The predicted octanol–water partition coefficient (Wildman–Crippen LogP) is 12.0. The molecule has 234 valence electrons. The third-order valence-electron chi connectivity index (χ3n) is 9.37. The fourth-order valence-corrected chi connectivity index (χ4v) is 7.12. The molecule has 0 atom stereocenters. The van der Waals surface area contributed by atoms with E-state index in [1.165, 1.54) is 0 Å². The van der Waals surface area contributed by atoms with Gasteiger partial charge in [-0.3, -0.25) is 0 Å². The summed E-state index contributed by atoms with van der Waals surface area (Å²) in [6.07, 6.45) is 0. The van der Waals surface area contributed by atoms with Gasteiger partial charge < -0.3 is 8.83 Å². The van der Waals surface area contributed by atoms with Crippen molar-refractivity contribution < 1.29 is 8.83 Å². The number of fused-ring (bicyclic) bond motifs is 6. The molecule has 0 saturated carbocycles. The van der Waals surface area contributed by atoms with E-state index >= 15 is 0 Å². The minimum atomic E-state index is 0.580. The molecule has 0 bridgehead atoms. The molecule has 5 nitrogen and oxygen atoms in total. The number of nitrogens with zero attached hydrogens (tertiary/aromatic N) is 3. The summed E-state index contributed by atoms with van der Waals surface area (Å²) in [5, 5.41) is 4.24. The first-order valence-electron chi connectivity index (χ1n) is 16.6. The largest absolute Gasteiger partial charge is 0.456 e. The van der Waals surface area contributed by atoms with Crippen LogP contribution in [0.5, 0.6) is 0 Å². The SMILES string of the molecule is c1ccc(-c2nc(-c3ccccc3)nc(-c3cccc(-c4cccc5c4oc4ccccc45)c3-c3cccc4oc5ccccc5c34)n2)cc1. The summed E-state index contributed by atoms with van der Waals surface area (Å²) >= 11 is 0. The lowest BCUT2D eigenvalue weighted by Gasteiger charge is -2.17. The molecule has 0 aliphatic carbocycles. The minimum absolute atomic E-state index is 0.580. The second kappa shape index (κ2) is 11.4. The normalized spacial score (nSPS) is 11.6. The molecule has 10 rings (SSSR count). The zero-order chi connectivity index (χ0) is 33.0. The van der Waals surface area contributed by atoms with Gasteiger partial charge in [0.2, 0.25) is 0 Å². The summed E-state index contributed by atoms with van der Waals surface area (Å²) in [6.45, 7) is 0. The van der Waals surface area contributed by atoms with Gasteiger partial charge in [0, 0.05) is 49.4 Å². The molecule has 5 heteroatoms. The molecule has 50 heavy (non-hydrogen) atoms. The van der Waals surface area contributed by atoms with Crippen LogP contribution in [0.25, 0.3) is 100 Å². The van der Waals surface area contributed by atoms with Crippen molar-refractivity contribution in [2.24, 2.45) is 0 Å². The summed E-state index contributed by atoms with van der Waals surface area (Å²) < 4.78 is 13.0. The van der Waals surface area contributed by atoms with E-state index in [0.29, 0.717) is 17.5 Å². The molecule has 0 N–H and O–H groups in total. The Labute approximate surface area is 287 Å². The van der Waals surface area contributed by atoms with Crippen LogP contribution in [0.4, 0.5) is 0 Å². The van der Waals surface area contributed by atoms with Gasteiger partial charge in [0.25, 0.3) is 0 Å². The van der Waals surface area contributed by atoms with E-state index in [4.69, 9.17) is 23.8 Å². The Balaban J connectivity index is 1.33. The van der Waals surface area contributed by atoms with Gasteiger partial charge in [-0.15, -0.1) is 0 Å². The van der Waals surface area contributed by atoms with E-state index < -0.39 is 0 Å². The van der Waals surface area contributed by atoms with Crippen LogP contribution < -0.4 is 0 Å². The van der Waals surface area contributed by atoms with E-state index in [1.54, 1.807) is 0 Å². The lowest BCUT2D eigenvalue weighted by Crippen LogP contribution is -2.02. The Morgan fingerprint density at radius 2 is 0.820 bits per heavy atom.